The molecule has 0 bridgehead atoms. The first-order valence-electron chi connectivity index (χ1n) is 3.99. The summed E-state index contributed by atoms with van der Waals surface area (Å²) < 4.78 is 4.90. The van der Waals surface area contributed by atoms with Gasteiger partial charge in [-0.15, -0.1) is 0 Å². The van der Waals surface area contributed by atoms with E-state index in [1.54, 1.807) is 0 Å². The van der Waals surface area contributed by atoms with Crippen LogP contribution in [-0.2, 0) is 9.53 Å². The van der Waals surface area contributed by atoms with Gasteiger partial charge in [0.05, 0.1) is 0 Å². The lowest BCUT2D eigenvalue weighted by atomic mass is 9.77. The number of fused-ring (bicyclic) bond motifs is 1. The minimum absolute atomic E-state index is 0.259. The minimum atomic E-state index is 0.259. The van der Waals surface area contributed by atoms with Gasteiger partial charge in [0.15, 0.2) is 0 Å². The highest BCUT2D eigenvalue weighted by Gasteiger charge is 2.40. The molecule has 2 rings (SSSR count). The van der Waals surface area contributed by atoms with Crippen LogP contribution < -0.4 is 0 Å². The van der Waals surface area contributed by atoms with Crippen LogP contribution in [0, 0.1) is 11.8 Å². The van der Waals surface area contributed by atoms with Crippen molar-refractivity contribution in [3.8, 4) is 0 Å². The Hall–Kier alpha value is -0.530. The van der Waals surface area contributed by atoms with E-state index in [-0.39, 0.29) is 6.10 Å². The highest BCUT2D eigenvalue weighted by molar-refractivity contribution is 5.37. The summed E-state index contributed by atoms with van der Waals surface area (Å²) >= 11 is 0. The zero-order valence-corrected chi connectivity index (χ0v) is 5.95. The third-order valence-electron chi connectivity index (χ3n) is 2.95. The molecule has 2 saturated carbocycles. The molecule has 0 heterocycles. The molecule has 2 nitrogen and oxygen atoms in total. The van der Waals surface area contributed by atoms with Gasteiger partial charge in [-0.05, 0) is 37.5 Å². The smallest absolute Gasteiger partial charge is 0.293 e. The van der Waals surface area contributed by atoms with Crippen molar-refractivity contribution in [3.63, 3.8) is 0 Å². The van der Waals surface area contributed by atoms with Gasteiger partial charge in [0.1, 0.15) is 6.10 Å². The van der Waals surface area contributed by atoms with E-state index in [9.17, 15) is 4.79 Å². The second kappa shape index (κ2) is 2.26. The number of hydrogen-bond donors (Lipinski definition) is 0. The van der Waals surface area contributed by atoms with Crippen LogP contribution in [0.25, 0.3) is 0 Å². The quantitative estimate of drug-likeness (QED) is 0.541. The van der Waals surface area contributed by atoms with Crippen molar-refractivity contribution >= 4 is 6.47 Å². The van der Waals surface area contributed by atoms with E-state index in [0.29, 0.717) is 6.47 Å². The first-order valence-corrected chi connectivity index (χ1v) is 3.99. The summed E-state index contributed by atoms with van der Waals surface area (Å²) in [4.78, 5) is 9.97. The van der Waals surface area contributed by atoms with Gasteiger partial charge in [-0.1, -0.05) is 0 Å². The third-order valence-corrected chi connectivity index (χ3v) is 2.95. The first-order chi connectivity index (χ1) is 4.90. The van der Waals surface area contributed by atoms with Crippen molar-refractivity contribution < 1.29 is 9.53 Å². The second-order valence-corrected chi connectivity index (χ2v) is 3.42. The van der Waals surface area contributed by atoms with Crippen LogP contribution in [0.4, 0.5) is 0 Å². The topological polar surface area (TPSA) is 26.3 Å². The monoisotopic (exact) mass is 140 g/mol. The number of carbonyl (C=O) groups is 1. The molecule has 10 heavy (non-hydrogen) atoms. The molecule has 0 aromatic rings. The maximum atomic E-state index is 9.97. The van der Waals surface area contributed by atoms with E-state index in [4.69, 9.17) is 4.74 Å². The summed E-state index contributed by atoms with van der Waals surface area (Å²) in [5, 5.41) is 0. The molecule has 0 aliphatic heterocycles. The minimum Gasteiger partial charge on any atom is -0.465 e. The molecule has 2 unspecified atom stereocenters. The second-order valence-electron chi connectivity index (χ2n) is 3.42. The van der Waals surface area contributed by atoms with Gasteiger partial charge in [0.25, 0.3) is 6.47 Å². The Morgan fingerprint density at radius 3 is 2.20 bits per heavy atom. The lowest BCUT2D eigenvalue weighted by molar-refractivity contribution is -0.133. The van der Waals surface area contributed by atoms with Gasteiger partial charge in [-0.3, -0.25) is 4.79 Å². The highest BCUT2D eigenvalue weighted by atomic mass is 16.5. The van der Waals surface area contributed by atoms with Crippen LogP contribution in [0.15, 0.2) is 0 Å². The molecule has 0 saturated heterocycles. The molecule has 0 N–H and O–H groups in total. The molecule has 0 spiro atoms. The first kappa shape index (κ1) is 6.20. The predicted molar refractivity (Wildman–Crippen MR) is 36.4 cm³/mol. The molecule has 0 aromatic carbocycles. The van der Waals surface area contributed by atoms with Crippen molar-refractivity contribution in [1.82, 2.24) is 0 Å². The molecule has 0 aromatic heterocycles. The van der Waals surface area contributed by atoms with Gasteiger partial charge >= 0.3 is 0 Å². The fourth-order valence-corrected chi connectivity index (χ4v) is 2.22. The Bertz CT molecular complexity index is 132. The summed E-state index contributed by atoms with van der Waals surface area (Å²) in [6.07, 6.45) is 5.24. The number of carbonyl (C=O) groups excluding carboxylic acids is 1. The molecular weight excluding hydrogens is 128 g/mol. The molecule has 2 fully saturated rings. The van der Waals surface area contributed by atoms with Crippen LogP contribution in [0.2, 0.25) is 0 Å². The molecule has 2 aliphatic rings. The van der Waals surface area contributed by atoms with Crippen LogP contribution in [0.3, 0.4) is 0 Å². The summed E-state index contributed by atoms with van der Waals surface area (Å²) in [6, 6.07) is 0. The summed E-state index contributed by atoms with van der Waals surface area (Å²) in [5.74, 6) is 1.79. The Labute approximate surface area is 60.6 Å². The Morgan fingerprint density at radius 2 is 1.80 bits per heavy atom. The molecule has 56 valence electrons. The SMILES string of the molecule is O=COC1CC2CCC2C1. The van der Waals surface area contributed by atoms with E-state index in [0.717, 1.165) is 24.7 Å². The number of ether oxygens (including phenoxy) is 1. The van der Waals surface area contributed by atoms with Crippen molar-refractivity contribution in [2.75, 3.05) is 0 Å². The molecule has 0 radical (unpaired) electrons. The largest absolute Gasteiger partial charge is 0.465 e. The number of rotatable bonds is 2. The van der Waals surface area contributed by atoms with E-state index in [1.807, 2.05) is 0 Å². The van der Waals surface area contributed by atoms with E-state index >= 15 is 0 Å². The highest BCUT2D eigenvalue weighted by Crippen LogP contribution is 2.47. The average molecular weight is 140 g/mol. The van der Waals surface area contributed by atoms with E-state index in [1.165, 1.54) is 12.8 Å². The molecule has 2 heteroatoms. The Kier molecular flexibility index (Phi) is 1.40. The van der Waals surface area contributed by atoms with Gasteiger partial charge in [0.2, 0.25) is 0 Å². The van der Waals surface area contributed by atoms with Gasteiger partial charge in [0, 0.05) is 0 Å². The van der Waals surface area contributed by atoms with Crippen molar-refractivity contribution in [2.24, 2.45) is 11.8 Å². The van der Waals surface area contributed by atoms with E-state index < -0.39 is 0 Å². The molecular formula is C8H12O2. The summed E-state index contributed by atoms with van der Waals surface area (Å²) in [5.41, 5.74) is 0. The van der Waals surface area contributed by atoms with Crippen LogP contribution in [0.1, 0.15) is 25.7 Å². The Balaban J connectivity index is 1.86. The van der Waals surface area contributed by atoms with E-state index in [2.05, 4.69) is 0 Å². The molecule has 0 amide bonds. The number of hydrogen-bond acceptors (Lipinski definition) is 2. The van der Waals surface area contributed by atoms with Crippen molar-refractivity contribution in [1.29, 1.82) is 0 Å². The van der Waals surface area contributed by atoms with Gasteiger partial charge in [-0.25, -0.2) is 0 Å². The maximum Gasteiger partial charge on any atom is 0.293 e. The molecule has 2 atom stereocenters. The third kappa shape index (κ3) is 0.825. The Morgan fingerprint density at radius 1 is 1.20 bits per heavy atom. The van der Waals surface area contributed by atoms with Gasteiger partial charge in [-0.2, -0.15) is 0 Å². The summed E-state index contributed by atoms with van der Waals surface area (Å²) in [7, 11) is 0. The zero-order chi connectivity index (χ0) is 6.97. The van der Waals surface area contributed by atoms with Crippen LogP contribution >= 0.6 is 0 Å². The fraction of sp³-hybridized carbons (Fsp3) is 0.875. The predicted octanol–water partition coefficient (Wildman–Crippen LogP) is 1.35. The molecule has 2 aliphatic carbocycles. The lowest BCUT2D eigenvalue weighted by Crippen LogP contribution is -2.18. The lowest BCUT2D eigenvalue weighted by Gasteiger charge is -2.28. The van der Waals surface area contributed by atoms with Crippen molar-refractivity contribution in [3.05, 3.63) is 0 Å². The average Bonchev–Trinajstić information content (AvgIpc) is 2.14. The maximum absolute atomic E-state index is 9.97. The normalized spacial score (nSPS) is 43.8. The fourth-order valence-electron chi connectivity index (χ4n) is 2.22. The van der Waals surface area contributed by atoms with Crippen LogP contribution in [-0.4, -0.2) is 12.6 Å². The standard InChI is InChI=1S/C8H12O2/c9-5-10-8-3-6-1-2-7(6)4-8/h5-8H,1-4H2. The summed E-state index contributed by atoms with van der Waals surface area (Å²) in [6.45, 7) is 0.593. The van der Waals surface area contributed by atoms with Crippen LogP contribution in [0.5, 0.6) is 0 Å². The zero-order valence-electron chi connectivity index (χ0n) is 5.95. The van der Waals surface area contributed by atoms with Gasteiger partial charge < -0.3 is 4.74 Å². The van der Waals surface area contributed by atoms with Crippen molar-refractivity contribution in [2.45, 2.75) is 31.8 Å².